The highest BCUT2D eigenvalue weighted by atomic mass is 35.5. The average molecular weight is 268 g/mol. The highest BCUT2D eigenvalue weighted by Crippen LogP contribution is 2.23. The Morgan fingerprint density at radius 2 is 2.11 bits per heavy atom. The van der Waals surface area contributed by atoms with E-state index in [9.17, 15) is 4.79 Å². The van der Waals surface area contributed by atoms with Gasteiger partial charge in [-0.25, -0.2) is 4.98 Å². The van der Waals surface area contributed by atoms with Crippen molar-refractivity contribution >= 4 is 17.5 Å². The Labute approximate surface area is 112 Å². The van der Waals surface area contributed by atoms with Gasteiger partial charge in [0.15, 0.2) is 0 Å². The van der Waals surface area contributed by atoms with E-state index in [1.54, 1.807) is 0 Å². The highest BCUT2D eigenvalue weighted by molar-refractivity contribution is 6.29. The molecule has 1 amide bonds. The second-order valence-electron chi connectivity index (χ2n) is 4.61. The van der Waals surface area contributed by atoms with Crippen molar-refractivity contribution in [2.24, 2.45) is 0 Å². The van der Waals surface area contributed by atoms with Gasteiger partial charge in [0.2, 0.25) is 0 Å². The van der Waals surface area contributed by atoms with E-state index in [0.29, 0.717) is 18.3 Å². The smallest absolute Gasteiger partial charge is 0.274 e. The SMILES string of the molecule is CCN(C(=O)c1cncc(Cl)n1)C1CCCCC1. The van der Waals surface area contributed by atoms with Crippen LogP contribution >= 0.6 is 11.6 Å². The normalized spacial score (nSPS) is 16.6. The second-order valence-corrected chi connectivity index (χ2v) is 5.00. The van der Waals surface area contributed by atoms with Gasteiger partial charge in [0.05, 0.1) is 12.4 Å². The van der Waals surface area contributed by atoms with Gasteiger partial charge in [-0.15, -0.1) is 0 Å². The lowest BCUT2D eigenvalue weighted by molar-refractivity contribution is 0.0641. The van der Waals surface area contributed by atoms with E-state index in [-0.39, 0.29) is 11.1 Å². The lowest BCUT2D eigenvalue weighted by Gasteiger charge is -2.33. The zero-order chi connectivity index (χ0) is 13.0. The van der Waals surface area contributed by atoms with Gasteiger partial charge < -0.3 is 4.90 Å². The maximum Gasteiger partial charge on any atom is 0.274 e. The number of carbonyl (C=O) groups is 1. The molecule has 98 valence electrons. The van der Waals surface area contributed by atoms with E-state index in [4.69, 9.17) is 11.6 Å². The van der Waals surface area contributed by atoms with E-state index in [2.05, 4.69) is 9.97 Å². The number of nitrogens with zero attached hydrogens (tertiary/aromatic N) is 3. The maximum absolute atomic E-state index is 12.4. The topological polar surface area (TPSA) is 46.1 Å². The molecular weight excluding hydrogens is 250 g/mol. The molecule has 0 aliphatic heterocycles. The monoisotopic (exact) mass is 267 g/mol. The number of carbonyl (C=O) groups excluding carboxylic acids is 1. The highest BCUT2D eigenvalue weighted by Gasteiger charge is 2.25. The zero-order valence-electron chi connectivity index (χ0n) is 10.6. The van der Waals surface area contributed by atoms with Crippen LogP contribution in [-0.4, -0.2) is 33.4 Å². The Hall–Kier alpha value is -1.16. The van der Waals surface area contributed by atoms with Crippen molar-refractivity contribution in [1.82, 2.24) is 14.9 Å². The van der Waals surface area contributed by atoms with Crippen LogP contribution in [0.4, 0.5) is 0 Å². The molecule has 0 N–H and O–H groups in total. The molecule has 1 saturated carbocycles. The Bertz CT molecular complexity index is 418. The van der Waals surface area contributed by atoms with Crippen LogP contribution in [0, 0.1) is 0 Å². The summed E-state index contributed by atoms with van der Waals surface area (Å²) in [6, 6.07) is 0.344. The Balaban J connectivity index is 2.14. The number of rotatable bonds is 3. The Morgan fingerprint density at radius 1 is 1.39 bits per heavy atom. The van der Waals surface area contributed by atoms with Crippen LogP contribution in [0.2, 0.25) is 5.15 Å². The molecule has 1 aliphatic carbocycles. The fourth-order valence-corrected chi connectivity index (χ4v) is 2.70. The summed E-state index contributed by atoms with van der Waals surface area (Å²) >= 11 is 5.78. The molecule has 5 heteroatoms. The van der Waals surface area contributed by atoms with Gasteiger partial charge in [0.1, 0.15) is 10.8 Å². The van der Waals surface area contributed by atoms with Crippen molar-refractivity contribution < 1.29 is 4.79 Å². The molecule has 1 heterocycles. The molecule has 1 aromatic heterocycles. The Kier molecular flexibility index (Phi) is 4.53. The van der Waals surface area contributed by atoms with Crippen LogP contribution in [-0.2, 0) is 0 Å². The van der Waals surface area contributed by atoms with Gasteiger partial charge >= 0.3 is 0 Å². The van der Waals surface area contributed by atoms with E-state index in [1.807, 2.05) is 11.8 Å². The van der Waals surface area contributed by atoms with Gasteiger partial charge in [0, 0.05) is 12.6 Å². The molecule has 1 aromatic rings. The summed E-state index contributed by atoms with van der Waals surface area (Å²) < 4.78 is 0. The first-order chi connectivity index (χ1) is 8.72. The molecular formula is C13H18ClN3O. The summed E-state index contributed by atoms with van der Waals surface area (Å²) in [7, 11) is 0. The number of hydrogen-bond acceptors (Lipinski definition) is 3. The average Bonchev–Trinajstić information content (AvgIpc) is 2.41. The van der Waals surface area contributed by atoms with E-state index < -0.39 is 0 Å². The Morgan fingerprint density at radius 3 is 2.72 bits per heavy atom. The summed E-state index contributed by atoms with van der Waals surface area (Å²) in [5, 5.41) is 0.264. The van der Waals surface area contributed by atoms with E-state index >= 15 is 0 Å². The third kappa shape index (κ3) is 2.99. The van der Waals surface area contributed by atoms with Crippen LogP contribution in [0.5, 0.6) is 0 Å². The lowest BCUT2D eigenvalue weighted by atomic mass is 9.94. The van der Waals surface area contributed by atoms with E-state index in [0.717, 1.165) is 12.8 Å². The number of amides is 1. The minimum Gasteiger partial charge on any atom is -0.335 e. The predicted octanol–water partition coefficient (Wildman–Crippen LogP) is 2.92. The third-order valence-electron chi connectivity index (χ3n) is 3.44. The first-order valence-electron chi connectivity index (χ1n) is 6.51. The van der Waals surface area contributed by atoms with Gasteiger partial charge in [-0.2, -0.15) is 0 Å². The summed E-state index contributed by atoms with van der Waals surface area (Å²) in [5.41, 5.74) is 0.343. The summed E-state index contributed by atoms with van der Waals surface area (Å²) in [6.45, 7) is 2.71. The molecule has 0 atom stereocenters. The standard InChI is InChI=1S/C13H18ClN3O/c1-2-17(10-6-4-3-5-7-10)13(18)11-8-15-9-12(14)16-11/h8-10H,2-7H2,1H3. The van der Waals surface area contributed by atoms with Crippen molar-refractivity contribution in [2.45, 2.75) is 45.1 Å². The van der Waals surface area contributed by atoms with Crippen molar-refractivity contribution in [3.8, 4) is 0 Å². The van der Waals surface area contributed by atoms with Crippen LogP contribution < -0.4 is 0 Å². The van der Waals surface area contributed by atoms with Crippen LogP contribution in [0.1, 0.15) is 49.5 Å². The van der Waals surface area contributed by atoms with Gasteiger partial charge in [0.25, 0.3) is 5.91 Å². The summed E-state index contributed by atoms with van der Waals surface area (Å²) in [4.78, 5) is 22.3. The number of aromatic nitrogens is 2. The van der Waals surface area contributed by atoms with Crippen molar-refractivity contribution in [2.75, 3.05) is 6.54 Å². The van der Waals surface area contributed by atoms with Gasteiger partial charge in [-0.1, -0.05) is 30.9 Å². The summed E-state index contributed by atoms with van der Waals surface area (Å²) in [6.07, 6.45) is 8.79. The molecule has 4 nitrogen and oxygen atoms in total. The minimum absolute atomic E-state index is 0.0561. The lowest BCUT2D eigenvalue weighted by Crippen LogP contribution is -2.41. The van der Waals surface area contributed by atoms with Crippen LogP contribution in [0.3, 0.4) is 0 Å². The molecule has 0 saturated heterocycles. The molecule has 0 spiro atoms. The maximum atomic E-state index is 12.4. The van der Waals surface area contributed by atoms with Crippen molar-refractivity contribution in [3.63, 3.8) is 0 Å². The number of halogens is 1. The molecule has 18 heavy (non-hydrogen) atoms. The van der Waals surface area contributed by atoms with Crippen LogP contribution in [0.15, 0.2) is 12.4 Å². The largest absolute Gasteiger partial charge is 0.335 e. The fourth-order valence-electron chi connectivity index (χ4n) is 2.55. The first-order valence-corrected chi connectivity index (χ1v) is 6.88. The molecule has 1 aliphatic rings. The minimum atomic E-state index is -0.0561. The summed E-state index contributed by atoms with van der Waals surface area (Å²) in [5.74, 6) is -0.0561. The van der Waals surface area contributed by atoms with Gasteiger partial charge in [-0.3, -0.25) is 9.78 Å². The molecule has 0 radical (unpaired) electrons. The second kappa shape index (κ2) is 6.14. The molecule has 0 bridgehead atoms. The molecule has 0 aromatic carbocycles. The third-order valence-corrected chi connectivity index (χ3v) is 3.62. The molecule has 1 fully saturated rings. The predicted molar refractivity (Wildman–Crippen MR) is 70.6 cm³/mol. The number of hydrogen-bond donors (Lipinski definition) is 0. The zero-order valence-corrected chi connectivity index (χ0v) is 11.4. The first kappa shape index (κ1) is 13.3. The molecule has 0 unspecified atom stereocenters. The van der Waals surface area contributed by atoms with Gasteiger partial charge in [-0.05, 0) is 19.8 Å². The fraction of sp³-hybridized carbons (Fsp3) is 0.615. The quantitative estimate of drug-likeness (QED) is 0.846. The van der Waals surface area contributed by atoms with E-state index in [1.165, 1.54) is 31.7 Å². The van der Waals surface area contributed by atoms with Crippen molar-refractivity contribution in [1.29, 1.82) is 0 Å². The molecule has 2 rings (SSSR count). The van der Waals surface area contributed by atoms with Crippen molar-refractivity contribution in [3.05, 3.63) is 23.2 Å². The van der Waals surface area contributed by atoms with Crippen LogP contribution in [0.25, 0.3) is 0 Å².